The first-order valence-electron chi connectivity index (χ1n) is 3.52. The molecule has 0 aromatic heterocycles. The second-order valence-corrected chi connectivity index (χ2v) is 2.24. The standard InChI is InChI=1S/C9H14O/c1-4-5-6-7-8(2)9(3)10/h5-7H,4H2,1-3H3/b6-5-,8-7+. The monoisotopic (exact) mass is 138 g/mol. The van der Waals surface area contributed by atoms with Crippen molar-refractivity contribution in [1.82, 2.24) is 0 Å². The number of carbonyl (C=O) groups is 1. The molecule has 0 rings (SSSR count). The molecule has 0 heterocycles. The first-order valence-corrected chi connectivity index (χ1v) is 3.52. The van der Waals surface area contributed by atoms with Crippen LogP contribution in [0.25, 0.3) is 0 Å². The first kappa shape index (κ1) is 9.15. The van der Waals surface area contributed by atoms with Gasteiger partial charge in [0, 0.05) is 0 Å². The van der Waals surface area contributed by atoms with Gasteiger partial charge in [-0.25, -0.2) is 0 Å². The zero-order valence-corrected chi connectivity index (χ0v) is 6.85. The van der Waals surface area contributed by atoms with Gasteiger partial charge in [-0.15, -0.1) is 0 Å². The van der Waals surface area contributed by atoms with Crippen LogP contribution in [0.1, 0.15) is 27.2 Å². The van der Waals surface area contributed by atoms with Gasteiger partial charge in [0.15, 0.2) is 5.78 Å². The summed E-state index contributed by atoms with van der Waals surface area (Å²) in [5, 5.41) is 0. The Morgan fingerprint density at radius 3 is 2.40 bits per heavy atom. The molecule has 0 spiro atoms. The number of carbonyl (C=O) groups excluding carboxylic acids is 1. The molecular weight excluding hydrogens is 124 g/mol. The van der Waals surface area contributed by atoms with Crippen LogP contribution < -0.4 is 0 Å². The van der Waals surface area contributed by atoms with Gasteiger partial charge in [-0.2, -0.15) is 0 Å². The van der Waals surface area contributed by atoms with Crippen LogP contribution in [0, 0.1) is 0 Å². The predicted octanol–water partition coefficient (Wildman–Crippen LogP) is 2.49. The second-order valence-electron chi connectivity index (χ2n) is 2.24. The molecule has 56 valence electrons. The van der Waals surface area contributed by atoms with Gasteiger partial charge in [0.2, 0.25) is 0 Å². The molecule has 0 saturated carbocycles. The molecule has 0 aliphatic heterocycles. The van der Waals surface area contributed by atoms with Crippen LogP contribution in [-0.2, 0) is 4.79 Å². The maximum absolute atomic E-state index is 10.6. The lowest BCUT2D eigenvalue weighted by atomic mass is 10.2. The second kappa shape index (κ2) is 4.98. The minimum absolute atomic E-state index is 0.140. The van der Waals surface area contributed by atoms with Crippen molar-refractivity contribution in [3.8, 4) is 0 Å². The lowest BCUT2D eigenvalue weighted by molar-refractivity contribution is -0.113. The number of ketones is 1. The van der Waals surface area contributed by atoms with Crippen molar-refractivity contribution in [3.05, 3.63) is 23.8 Å². The van der Waals surface area contributed by atoms with E-state index in [4.69, 9.17) is 0 Å². The average molecular weight is 138 g/mol. The molecule has 0 aromatic carbocycles. The van der Waals surface area contributed by atoms with E-state index in [1.54, 1.807) is 6.92 Å². The van der Waals surface area contributed by atoms with Gasteiger partial charge >= 0.3 is 0 Å². The van der Waals surface area contributed by atoms with Gasteiger partial charge in [-0.05, 0) is 25.8 Å². The predicted molar refractivity (Wildman–Crippen MR) is 43.9 cm³/mol. The van der Waals surface area contributed by atoms with Crippen molar-refractivity contribution in [2.45, 2.75) is 27.2 Å². The lowest BCUT2D eigenvalue weighted by Gasteiger charge is -1.87. The maximum Gasteiger partial charge on any atom is 0.155 e. The van der Waals surface area contributed by atoms with E-state index in [2.05, 4.69) is 6.92 Å². The summed E-state index contributed by atoms with van der Waals surface area (Å²) < 4.78 is 0. The summed E-state index contributed by atoms with van der Waals surface area (Å²) in [6.07, 6.45) is 6.79. The first-order chi connectivity index (χ1) is 4.68. The highest BCUT2D eigenvalue weighted by molar-refractivity contribution is 5.92. The molecule has 0 radical (unpaired) electrons. The Labute approximate surface area is 62.4 Å². The molecule has 10 heavy (non-hydrogen) atoms. The minimum atomic E-state index is 0.140. The Morgan fingerprint density at radius 1 is 1.40 bits per heavy atom. The quantitative estimate of drug-likeness (QED) is 0.432. The van der Waals surface area contributed by atoms with Crippen LogP contribution >= 0.6 is 0 Å². The highest BCUT2D eigenvalue weighted by atomic mass is 16.1. The Bertz CT molecular complexity index is 164. The van der Waals surface area contributed by atoms with Crippen molar-refractivity contribution in [2.24, 2.45) is 0 Å². The van der Waals surface area contributed by atoms with E-state index in [9.17, 15) is 4.79 Å². The number of Topliss-reactive ketones (excluding diaryl/α,β-unsaturated/α-hetero) is 1. The van der Waals surface area contributed by atoms with Crippen molar-refractivity contribution in [1.29, 1.82) is 0 Å². The molecule has 0 fully saturated rings. The Morgan fingerprint density at radius 2 is 2.00 bits per heavy atom. The van der Waals surface area contributed by atoms with E-state index in [1.165, 1.54) is 0 Å². The summed E-state index contributed by atoms with van der Waals surface area (Å²) in [5.74, 6) is 0.140. The molecule has 0 saturated heterocycles. The molecule has 0 aromatic rings. The normalized spacial score (nSPS) is 12.5. The summed E-state index contributed by atoms with van der Waals surface area (Å²) in [7, 11) is 0. The Hall–Kier alpha value is -0.850. The topological polar surface area (TPSA) is 17.1 Å². The molecule has 1 heteroatoms. The van der Waals surface area contributed by atoms with Crippen molar-refractivity contribution in [3.63, 3.8) is 0 Å². The van der Waals surface area contributed by atoms with Gasteiger partial charge in [0.1, 0.15) is 0 Å². The number of hydrogen-bond donors (Lipinski definition) is 0. The third-order valence-electron chi connectivity index (χ3n) is 1.27. The largest absolute Gasteiger partial charge is 0.295 e. The Kier molecular flexibility index (Phi) is 4.55. The maximum atomic E-state index is 10.6. The zero-order valence-electron chi connectivity index (χ0n) is 6.85. The summed E-state index contributed by atoms with van der Waals surface area (Å²) in [4.78, 5) is 10.6. The third-order valence-corrected chi connectivity index (χ3v) is 1.27. The van der Waals surface area contributed by atoms with E-state index in [-0.39, 0.29) is 5.78 Å². The van der Waals surface area contributed by atoms with E-state index >= 15 is 0 Å². The number of rotatable bonds is 3. The van der Waals surface area contributed by atoms with Gasteiger partial charge < -0.3 is 0 Å². The van der Waals surface area contributed by atoms with E-state index < -0.39 is 0 Å². The van der Waals surface area contributed by atoms with Crippen LogP contribution in [0.4, 0.5) is 0 Å². The van der Waals surface area contributed by atoms with Crippen LogP contribution in [0.5, 0.6) is 0 Å². The summed E-state index contributed by atoms with van der Waals surface area (Å²) in [5.41, 5.74) is 0.810. The van der Waals surface area contributed by atoms with Gasteiger partial charge in [-0.3, -0.25) is 4.79 Å². The lowest BCUT2D eigenvalue weighted by Crippen LogP contribution is -1.89. The van der Waals surface area contributed by atoms with Crippen LogP contribution in [0.15, 0.2) is 23.8 Å². The molecule has 0 aliphatic carbocycles. The van der Waals surface area contributed by atoms with Crippen molar-refractivity contribution < 1.29 is 4.79 Å². The molecular formula is C9H14O. The number of allylic oxidation sites excluding steroid dienone is 4. The fourth-order valence-corrected chi connectivity index (χ4v) is 0.466. The van der Waals surface area contributed by atoms with Crippen LogP contribution in [0.3, 0.4) is 0 Å². The molecule has 0 atom stereocenters. The smallest absolute Gasteiger partial charge is 0.155 e. The fraction of sp³-hybridized carbons (Fsp3) is 0.444. The molecule has 0 amide bonds. The van der Waals surface area contributed by atoms with Crippen LogP contribution in [-0.4, -0.2) is 5.78 Å². The van der Waals surface area contributed by atoms with Gasteiger partial charge in [-0.1, -0.05) is 25.2 Å². The SMILES string of the molecule is CC/C=C\C=C(/C)C(C)=O. The van der Waals surface area contributed by atoms with E-state index in [0.29, 0.717) is 0 Å². The molecule has 1 nitrogen and oxygen atoms in total. The molecule has 0 bridgehead atoms. The summed E-state index contributed by atoms with van der Waals surface area (Å²) in [6, 6.07) is 0. The van der Waals surface area contributed by atoms with Gasteiger partial charge in [0.25, 0.3) is 0 Å². The highest BCUT2D eigenvalue weighted by Gasteiger charge is 1.90. The van der Waals surface area contributed by atoms with Crippen molar-refractivity contribution >= 4 is 5.78 Å². The molecule has 0 N–H and O–H groups in total. The van der Waals surface area contributed by atoms with Crippen molar-refractivity contribution in [2.75, 3.05) is 0 Å². The summed E-state index contributed by atoms with van der Waals surface area (Å²) >= 11 is 0. The van der Waals surface area contributed by atoms with Gasteiger partial charge in [0.05, 0.1) is 0 Å². The zero-order chi connectivity index (χ0) is 7.98. The summed E-state index contributed by atoms with van der Waals surface area (Å²) in [6.45, 7) is 5.46. The molecule has 0 unspecified atom stereocenters. The average Bonchev–Trinajstić information content (AvgIpc) is 1.88. The number of hydrogen-bond acceptors (Lipinski definition) is 1. The van der Waals surface area contributed by atoms with Crippen LogP contribution in [0.2, 0.25) is 0 Å². The fourth-order valence-electron chi connectivity index (χ4n) is 0.466. The third kappa shape index (κ3) is 4.07. The molecule has 0 aliphatic rings. The van der Waals surface area contributed by atoms with E-state index in [0.717, 1.165) is 12.0 Å². The Balaban J connectivity index is 3.92. The minimum Gasteiger partial charge on any atom is -0.295 e. The highest BCUT2D eigenvalue weighted by Crippen LogP contribution is 1.94. The van der Waals surface area contributed by atoms with E-state index in [1.807, 2.05) is 25.2 Å².